The van der Waals surface area contributed by atoms with Crippen LogP contribution in [0.5, 0.6) is 0 Å². The minimum Gasteiger partial charge on any atom is -0.389 e. The van der Waals surface area contributed by atoms with Crippen LogP contribution >= 0.6 is 0 Å². The molecule has 2 aliphatic heterocycles. The van der Waals surface area contributed by atoms with Gasteiger partial charge in [-0.1, -0.05) is 35.9 Å². The van der Waals surface area contributed by atoms with Gasteiger partial charge in [0.2, 0.25) is 11.8 Å². The van der Waals surface area contributed by atoms with Crippen molar-refractivity contribution in [1.82, 2.24) is 14.8 Å². The third kappa shape index (κ3) is 4.10. The second-order valence-electron chi connectivity index (χ2n) is 8.76. The van der Waals surface area contributed by atoms with E-state index in [1.165, 1.54) is 5.56 Å². The number of carbonyl (C=O) groups is 2. The number of nitrogens with zero attached hydrogens (tertiary/aromatic N) is 3. The maximum absolute atomic E-state index is 13.3. The molecule has 0 unspecified atom stereocenters. The van der Waals surface area contributed by atoms with Crippen LogP contribution < -0.4 is 0 Å². The number of aryl methyl sites for hydroxylation is 1. The Morgan fingerprint density at radius 1 is 1.23 bits per heavy atom. The number of carbonyl (C=O) groups excluding carboxylic acids is 2. The summed E-state index contributed by atoms with van der Waals surface area (Å²) in [4.78, 5) is 33.4. The number of piperidine rings is 1. The standard InChI is InChI=1S/C24H29N3O3/c1-17-5-3-6-18(13-17)15-24(30)8-11-27(12-9-24)23(29)20-14-21(28)26(2)22(20)19-7-4-10-25-16-19/h3-7,10,13,16,20,22,30H,8-9,11-12,14-15H2,1-2H3/t20-,22+/m1/s1. The number of amides is 2. The van der Waals surface area contributed by atoms with Crippen molar-refractivity contribution >= 4 is 11.8 Å². The topological polar surface area (TPSA) is 73.7 Å². The summed E-state index contributed by atoms with van der Waals surface area (Å²) in [5.74, 6) is -0.427. The Morgan fingerprint density at radius 2 is 2.00 bits per heavy atom. The predicted molar refractivity (Wildman–Crippen MR) is 114 cm³/mol. The number of rotatable bonds is 4. The molecule has 4 rings (SSSR count). The lowest BCUT2D eigenvalue weighted by molar-refractivity contribution is -0.140. The smallest absolute Gasteiger partial charge is 0.228 e. The van der Waals surface area contributed by atoms with Gasteiger partial charge >= 0.3 is 0 Å². The van der Waals surface area contributed by atoms with Crippen molar-refractivity contribution < 1.29 is 14.7 Å². The molecule has 2 aliphatic rings. The van der Waals surface area contributed by atoms with Gasteiger partial charge in [-0.3, -0.25) is 14.6 Å². The lowest BCUT2D eigenvalue weighted by Crippen LogP contribution is -2.49. The molecule has 1 aromatic heterocycles. The summed E-state index contributed by atoms with van der Waals surface area (Å²) in [6.07, 6.45) is 5.33. The van der Waals surface area contributed by atoms with E-state index in [9.17, 15) is 14.7 Å². The van der Waals surface area contributed by atoms with Crippen molar-refractivity contribution in [2.45, 2.75) is 44.2 Å². The Morgan fingerprint density at radius 3 is 2.67 bits per heavy atom. The van der Waals surface area contributed by atoms with E-state index in [2.05, 4.69) is 11.1 Å². The highest BCUT2D eigenvalue weighted by Crippen LogP contribution is 2.38. The fourth-order valence-electron chi connectivity index (χ4n) is 4.85. The Balaban J connectivity index is 1.44. The molecule has 1 N–H and O–H groups in total. The second-order valence-corrected chi connectivity index (χ2v) is 8.76. The zero-order valence-corrected chi connectivity index (χ0v) is 17.6. The summed E-state index contributed by atoms with van der Waals surface area (Å²) in [6.45, 7) is 3.07. The first-order chi connectivity index (χ1) is 14.4. The second kappa shape index (κ2) is 8.19. The molecule has 0 aliphatic carbocycles. The van der Waals surface area contributed by atoms with E-state index in [-0.39, 0.29) is 24.3 Å². The minimum absolute atomic E-state index is 0.000779. The van der Waals surface area contributed by atoms with Crippen LogP contribution in [0.4, 0.5) is 0 Å². The number of aromatic nitrogens is 1. The van der Waals surface area contributed by atoms with Gasteiger partial charge in [0, 0.05) is 45.4 Å². The van der Waals surface area contributed by atoms with E-state index >= 15 is 0 Å². The molecule has 1 aromatic carbocycles. The van der Waals surface area contributed by atoms with Crippen LogP contribution in [0, 0.1) is 12.8 Å². The highest BCUT2D eigenvalue weighted by atomic mass is 16.3. The fourth-order valence-corrected chi connectivity index (χ4v) is 4.85. The summed E-state index contributed by atoms with van der Waals surface area (Å²) in [5.41, 5.74) is 2.39. The van der Waals surface area contributed by atoms with Crippen molar-refractivity contribution in [3.8, 4) is 0 Å². The average Bonchev–Trinajstić information content (AvgIpc) is 3.03. The van der Waals surface area contributed by atoms with Crippen LogP contribution in [0.3, 0.4) is 0 Å². The van der Waals surface area contributed by atoms with Gasteiger partial charge < -0.3 is 14.9 Å². The molecule has 0 spiro atoms. The van der Waals surface area contributed by atoms with Gasteiger partial charge in [0.25, 0.3) is 0 Å². The van der Waals surface area contributed by atoms with Gasteiger partial charge in [-0.2, -0.15) is 0 Å². The Kier molecular flexibility index (Phi) is 5.60. The normalized spacial score (nSPS) is 23.6. The van der Waals surface area contributed by atoms with Crippen LogP contribution in [0.25, 0.3) is 0 Å². The molecule has 6 heteroatoms. The van der Waals surface area contributed by atoms with Crippen LogP contribution in [0.15, 0.2) is 48.8 Å². The predicted octanol–water partition coefficient (Wildman–Crippen LogP) is 2.51. The van der Waals surface area contributed by atoms with Crippen molar-refractivity contribution in [1.29, 1.82) is 0 Å². The monoisotopic (exact) mass is 407 g/mol. The average molecular weight is 408 g/mol. The maximum atomic E-state index is 13.3. The third-order valence-corrected chi connectivity index (χ3v) is 6.55. The SMILES string of the molecule is Cc1cccc(CC2(O)CCN(C(=O)[C@@H]3CC(=O)N(C)[C@H]3c3cccnc3)CC2)c1. The molecule has 2 fully saturated rings. The molecule has 2 amide bonds. The minimum atomic E-state index is -0.796. The van der Waals surface area contributed by atoms with Crippen LogP contribution in [0.2, 0.25) is 0 Å². The molecule has 2 atom stereocenters. The largest absolute Gasteiger partial charge is 0.389 e. The van der Waals surface area contributed by atoms with Crippen LogP contribution in [-0.2, 0) is 16.0 Å². The van der Waals surface area contributed by atoms with E-state index in [0.29, 0.717) is 32.4 Å². The number of hydrogen-bond donors (Lipinski definition) is 1. The van der Waals surface area contributed by atoms with Crippen LogP contribution in [-0.4, -0.2) is 57.4 Å². The molecule has 0 bridgehead atoms. The first-order valence-electron chi connectivity index (χ1n) is 10.6. The van der Waals surface area contributed by atoms with E-state index in [1.54, 1.807) is 24.3 Å². The lowest BCUT2D eigenvalue weighted by Gasteiger charge is -2.40. The van der Waals surface area contributed by atoms with Gasteiger partial charge in [-0.15, -0.1) is 0 Å². The summed E-state index contributed by atoms with van der Waals surface area (Å²) in [5, 5.41) is 11.1. The zero-order chi connectivity index (χ0) is 21.3. The molecule has 0 radical (unpaired) electrons. The van der Waals surface area contributed by atoms with E-state index in [0.717, 1.165) is 11.1 Å². The van der Waals surface area contributed by atoms with Gasteiger partial charge in [0.1, 0.15) is 0 Å². The third-order valence-electron chi connectivity index (χ3n) is 6.55. The van der Waals surface area contributed by atoms with Gasteiger partial charge in [-0.05, 0) is 37.0 Å². The number of aliphatic hydroxyl groups is 1. The summed E-state index contributed by atoms with van der Waals surface area (Å²) in [6, 6.07) is 11.7. The van der Waals surface area contributed by atoms with Gasteiger partial charge in [-0.25, -0.2) is 0 Å². The first kappa shape index (κ1) is 20.5. The zero-order valence-electron chi connectivity index (χ0n) is 17.6. The molecule has 158 valence electrons. The summed E-state index contributed by atoms with van der Waals surface area (Å²) < 4.78 is 0. The van der Waals surface area contributed by atoms with Gasteiger partial charge in [0.15, 0.2) is 0 Å². The van der Waals surface area contributed by atoms with Gasteiger partial charge in [0.05, 0.1) is 17.6 Å². The Hall–Kier alpha value is -2.73. The van der Waals surface area contributed by atoms with Crippen molar-refractivity contribution in [3.63, 3.8) is 0 Å². The molecule has 3 heterocycles. The number of hydrogen-bond acceptors (Lipinski definition) is 4. The number of pyridine rings is 1. The van der Waals surface area contributed by atoms with Crippen LogP contribution in [0.1, 0.15) is 42.0 Å². The van der Waals surface area contributed by atoms with Crippen molar-refractivity contribution in [3.05, 3.63) is 65.5 Å². The molecule has 30 heavy (non-hydrogen) atoms. The van der Waals surface area contributed by atoms with Crippen molar-refractivity contribution in [2.24, 2.45) is 5.92 Å². The maximum Gasteiger partial charge on any atom is 0.228 e. The highest BCUT2D eigenvalue weighted by Gasteiger charge is 2.45. The van der Waals surface area contributed by atoms with E-state index in [4.69, 9.17) is 0 Å². The molecular formula is C24H29N3O3. The quantitative estimate of drug-likeness (QED) is 0.845. The summed E-state index contributed by atoms with van der Waals surface area (Å²) >= 11 is 0. The van der Waals surface area contributed by atoms with Crippen molar-refractivity contribution in [2.75, 3.05) is 20.1 Å². The molecular weight excluding hydrogens is 378 g/mol. The number of likely N-dealkylation sites (tertiary alicyclic amines) is 2. The molecule has 2 saturated heterocycles. The Labute approximate surface area is 177 Å². The van der Waals surface area contributed by atoms with E-state index < -0.39 is 11.5 Å². The molecule has 6 nitrogen and oxygen atoms in total. The molecule has 2 aromatic rings. The lowest BCUT2D eigenvalue weighted by atomic mass is 9.84. The number of benzene rings is 1. The fraction of sp³-hybridized carbons (Fsp3) is 0.458. The first-order valence-corrected chi connectivity index (χ1v) is 10.6. The molecule has 0 saturated carbocycles. The highest BCUT2D eigenvalue weighted by molar-refractivity contribution is 5.90. The summed E-state index contributed by atoms with van der Waals surface area (Å²) in [7, 11) is 1.75. The Bertz CT molecular complexity index is 922. The van der Waals surface area contributed by atoms with E-state index in [1.807, 2.05) is 42.2 Å².